The molecule has 2 nitrogen and oxygen atoms in total. The molecule has 0 spiro atoms. The van der Waals surface area contributed by atoms with Crippen molar-refractivity contribution in [1.29, 1.82) is 5.26 Å². The van der Waals surface area contributed by atoms with Gasteiger partial charge in [-0.2, -0.15) is 5.26 Å². The summed E-state index contributed by atoms with van der Waals surface area (Å²) in [7, 11) is 0. The van der Waals surface area contributed by atoms with E-state index in [9.17, 15) is 4.79 Å². The van der Waals surface area contributed by atoms with Crippen LogP contribution in [0.25, 0.3) is 6.08 Å². The smallest absolute Gasteiger partial charge is 0.203 e. The summed E-state index contributed by atoms with van der Waals surface area (Å²) in [5.74, 6) is -0.303. The van der Waals surface area contributed by atoms with Gasteiger partial charge in [0.05, 0.1) is 0 Å². The lowest BCUT2D eigenvalue weighted by Gasteiger charge is -2.01. The van der Waals surface area contributed by atoms with E-state index in [4.69, 9.17) is 16.9 Å². The Morgan fingerprint density at radius 2 is 1.68 bits per heavy atom. The number of nitriles is 1. The molecule has 3 heteroatoms. The van der Waals surface area contributed by atoms with E-state index in [2.05, 4.69) is 0 Å². The largest absolute Gasteiger partial charge is 0.288 e. The van der Waals surface area contributed by atoms with Gasteiger partial charge in [0.25, 0.3) is 0 Å². The van der Waals surface area contributed by atoms with Crippen molar-refractivity contribution in [2.75, 3.05) is 0 Å². The van der Waals surface area contributed by atoms with Crippen LogP contribution in [-0.4, -0.2) is 5.78 Å². The summed E-state index contributed by atoms with van der Waals surface area (Å²) in [4.78, 5) is 12.2. The van der Waals surface area contributed by atoms with E-state index in [-0.39, 0.29) is 11.4 Å². The van der Waals surface area contributed by atoms with Gasteiger partial charge < -0.3 is 0 Å². The first kappa shape index (κ1) is 13.1. The zero-order valence-corrected chi connectivity index (χ0v) is 10.8. The lowest BCUT2D eigenvalue weighted by Crippen LogP contribution is -2.01. The van der Waals surface area contributed by atoms with Gasteiger partial charge in [0.15, 0.2) is 0 Å². The highest BCUT2D eigenvalue weighted by Crippen LogP contribution is 2.19. The fourth-order valence-corrected chi connectivity index (χ4v) is 1.83. The summed E-state index contributed by atoms with van der Waals surface area (Å²) in [5, 5.41) is 9.64. The average Bonchev–Trinajstić information content (AvgIpc) is 2.47. The first-order valence-electron chi connectivity index (χ1n) is 5.68. The number of nitrogens with zero attached hydrogens (tertiary/aromatic N) is 1. The average molecular weight is 268 g/mol. The highest BCUT2D eigenvalue weighted by molar-refractivity contribution is 6.32. The van der Waals surface area contributed by atoms with Crippen molar-refractivity contribution in [3.05, 3.63) is 76.3 Å². The number of Topliss-reactive ketones (excluding diaryl/α,β-unsaturated/α-hetero) is 1. The van der Waals surface area contributed by atoms with Gasteiger partial charge >= 0.3 is 0 Å². The molecule has 0 amide bonds. The molecular weight excluding hydrogens is 258 g/mol. The van der Waals surface area contributed by atoms with Crippen LogP contribution in [-0.2, 0) is 0 Å². The maximum atomic E-state index is 12.2. The van der Waals surface area contributed by atoms with Gasteiger partial charge in [-0.05, 0) is 17.7 Å². The van der Waals surface area contributed by atoms with Crippen molar-refractivity contribution in [3.63, 3.8) is 0 Å². The minimum atomic E-state index is -0.303. The Morgan fingerprint density at radius 3 is 2.32 bits per heavy atom. The number of hydrogen-bond donors (Lipinski definition) is 0. The van der Waals surface area contributed by atoms with Crippen LogP contribution in [0.5, 0.6) is 0 Å². The minimum absolute atomic E-state index is 0.0688. The molecule has 0 heterocycles. The number of halogens is 1. The molecule has 0 bridgehead atoms. The fraction of sp³-hybridized carbons (Fsp3) is 0. The summed E-state index contributed by atoms with van der Waals surface area (Å²) >= 11 is 6.01. The van der Waals surface area contributed by atoms with Crippen LogP contribution >= 0.6 is 11.6 Å². The maximum absolute atomic E-state index is 12.2. The second-order valence-electron chi connectivity index (χ2n) is 3.89. The lowest BCUT2D eigenvalue weighted by molar-refractivity contribution is 0.104. The quantitative estimate of drug-likeness (QED) is 0.477. The number of hydrogen-bond acceptors (Lipinski definition) is 2. The molecule has 0 saturated heterocycles. The third kappa shape index (κ3) is 3.09. The summed E-state index contributed by atoms with van der Waals surface area (Å²) in [6.45, 7) is 0. The third-order valence-corrected chi connectivity index (χ3v) is 2.95. The van der Waals surface area contributed by atoms with E-state index in [1.54, 1.807) is 48.5 Å². The van der Waals surface area contributed by atoms with Gasteiger partial charge in [0.2, 0.25) is 5.78 Å². The van der Waals surface area contributed by atoms with Gasteiger partial charge in [-0.3, -0.25) is 4.79 Å². The Kier molecular flexibility index (Phi) is 4.12. The molecule has 0 unspecified atom stereocenters. The summed E-state index contributed by atoms with van der Waals surface area (Å²) < 4.78 is 0. The predicted molar refractivity (Wildman–Crippen MR) is 75.8 cm³/mol. The van der Waals surface area contributed by atoms with Crippen molar-refractivity contribution in [1.82, 2.24) is 0 Å². The molecule has 0 N–H and O–H groups in total. The van der Waals surface area contributed by atoms with Crippen LogP contribution in [0.3, 0.4) is 0 Å². The van der Waals surface area contributed by atoms with Crippen LogP contribution in [0.2, 0.25) is 5.02 Å². The number of carbonyl (C=O) groups is 1. The van der Waals surface area contributed by atoms with Gasteiger partial charge in [0.1, 0.15) is 11.6 Å². The SMILES string of the molecule is N#C/C(=C\c1ccccc1Cl)C(=O)c1ccccc1. The van der Waals surface area contributed by atoms with Crippen molar-refractivity contribution >= 4 is 23.5 Å². The molecule has 0 aliphatic carbocycles. The van der Waals surface area contributed by atoms with E-state index < -0.39 is 0 Å². The normalized spacial score (nSPS) is 10.8. The Balaban J connectivity index is 2.39. The Labute approximate surface area is 116 Å². The van der Waals surface area contributed by atoms with Crippen molar-refractivity contribution in [2.45, 2.75) is 0 Å². The van der Waals surface area contributed by atoms with E-state index >= 15 is 0 Å². The van der Waals surface area contributed by atoms with Crippen molar-refractivity contribution in [3.8, 4) is 6.07 Å². The molecule has 92 valence electrons. The Morgan fingerprint density at radius 1 is 1.05 bits per heavy atom. The zero-order chi connectivity index (χ0) is 13.7. The number of ketones is 1. The van der Waals surface area contributed by atoms with Crippen LogP contribution < -0.4 is 0 Å². The monoisotopic (exact) mass is 267 g/mol. The zero-order valence-electron chi connectivity index (χ0n) is 10.0. The van der Waals surface area contributed by atoms with Crippen LogP contribution in [0, 0.1) is 11.3 Å². The molecule has 0 radical (unpaired) electrons. The molecule has 2 aromatic carbocycles. The summed E-state index contributed by atoms with van der Waals surface area (Å²) in [6.07, 6.45) is 1.51. The summed E-state index contributed by atoms with van der Waals surface area (Å²) in [5.41, 5.74) is 1.21. The third-order valence-electron chi connectivity index (χ3n) is 2.61. The molecule has 0 saturated carbocycles. The maximum Gasteiger partial charge on any atom is 0.203 e. The second-order valence-corrected chi connectivity index (χ2v) is 4.29. The highest BCUT2D eigenvalue weighted by atomic mass is 35.5. The van der Waals surface area contributed by atoms with Crippen LogP contribution in [0.1, 0.15) is 15.9 Å². The molecule has 0 atom stereocenters. The standard InChI is InChI=1S/C16H10ClNO/c17-15-9-5-4-8-13(15)10-14(11-18)16(19)12-6-2-1-3-7-12/h1-10H/b14-10+. The van der Waals surface area contributed by atoms with Gasteiger partial charge in [-0.1, -0.05) is 60.1 Å². The predicted octanol–water partition coefficient (Wildman–Crippen LogP) is 4.13. The molecule has 0 aliphatic rings. The Hall–Kier alpha value is -2.37. The van der Waals surface area contributed by atoms with Crippen molar-refractivity contribution in [2.24, 2.45) is 0 Å². The molecule has 19 heavy (non-hydrogen) atoms. The molecule has 0 fully saturated rings. The van der Waals surface area contributed by atoms with Crippen LogP contribution in [0.15, 0.2) is 60.2 Å². The molecule has 0 aromatic heterocycles. The van der Waals surface area contributed by atoms with Crippen LogP contribution in [0.4, 0.5) is 0 Å². The van der Waals surface area contributed by atoms with Gasteiger partial charge in [-0.15, -0.1) is 0 Å². The van der Waals surface area contributed by atoms with E-state index in [1.165, 1.54) is 6.08 Å². The number of carbonyl (C=O) groups excluding carboxylic acids is 1. The number of benzene rings is 2. The molecular formula is C16H10ClNO. The topological polar surface area (TPSA) is 40.9 Å². The van der Waals surface area contributed by atoms with Gasteiger partial charge in [-0.25, -0.2) is 0 Å². The molecule has 2 aromatic rings. The number of allylic oxidation sites excluding steroid dienone is 1. The minimum Gasteiger partial charge on any atom is -0.288 e. The van der Waals surface area contributed by atoms with Gasteiger partial charge in [0, 0.05) is 10.6 Å². The lowest BCUT2D eigenvalue weighted by atomic mass is 10.0. The fourth-order valence-electron chi connectivity index (χ4n) is 1.64. The highest BCUT2D eigenvalue weighted by Gasteiger charge is 2.11. The molecule has 0 aliphatic heterocycles. The first-order chi connectivity index (χ1) is 9.22. The van der Waals surface area contributed by atoms with E-state index in [0.29, 0.717) is 16.1 Å². The first-order valence-corrected chi connectivity index (χ1v) is 6.06. The Bertz CT molecular complexity index is 669. The second kappa shape index (κ2) is 5.99. The van der Waals surface area contributed by atoms with E-state index in [0.717, 1.165) is 0 Å². The van der Waals surface area contributed by atoms with Crippen molar-refractivity contribution < 1.29 is 4.79 Å². The summed E-state index contributed by atoms with van der Waals surface area (Å²) in [6, 6.07) is 17.7. The van der Waals surface area contributed by atoms with E-state index in [1.807, 2.05) is 12.1 Å². The molecule has 2 rings (SSSR count). The number of rotatable bonds is 3.